The second kappa shape index (κ2) is 7.75. The van der Waals surface area contributed by atoms with E-state index in [0.29, 0.717) is 4.68 Å². The van der Waals surface area contributed by atoms with Crippen LogP contribution < -0.4 is 0 Å². The number of alkyl halides is 6. The fraction of sp³-hybridized carbons (Fsp3) is 0.278. The van der Waals surface area contributed by atoms with Crippen LogP contribution in [0.4, 0.5) is 26.3 Å². The highest BCUT2D eigenvalue weighted by Crippen LogP contribution is 2.33. The summed E-state index contributed by atoms with van der Waals surface area (Å²) in [5, 5.41) is 3.30. The van der Waals surface area contributed by atoms with Crippen molar-refractivity contribution in [1.82, 2.24) is 34.3 Å². The summed E-state index contributed by atoms with van der Waals surface area (Å²) in [7, 11) is -2.57. The van der Waals surface area contributed by atoms with Crippen molar-refractivity contribution in [1.29, 1.82) is 0 Å². The summed E-state index contributed by atoms with van der Waals surface area (Å²) in [6.07, 6.45) is -6.77. The predicted molar refractivity (Wildman–Crippen MR) is 104 cm³/mol. The number of pyridine rings is 2. The van der Waals surface area contributed by atoms with Gasteiger partial charge in [-0.25, -0.2) is 33.0 Å². The highest BCUT2D eigenvalue weighted by atomic mass is 32.2. The molecule has 34 heavy (non-hydrogen) atoms. The minimum absolute atomic E-state index is 0.0794. The molecule has 0 spiro atoms. The van der Waals surface area contributed by atoms with Gasteiger partial charge in [-0.3, -0.25) is 0 Å². The van der Waals surface area contributed by atoms with E-state index < -0.39 is 33.7 Å². The van der Waals surface area contributed by atoms with Crippen LogP contribution >= 0.6 is 0 Å². The molecule has 4 heterocycles. The van der Waals surface area contributed by atoms with Gasteiger partial charge >= 0.3 is 12.4 Å². The number of halogens is 6. The molecule has 0 radical (unpaired) electrons. The van der Waals surface area contributed by atoms with Crippen LogP contribution in [0.5, 0.6) is 0 Å². The Morgan fingerprint density at radius 1 is 0.971 bits per heavy atom. The molecule has 4 rings (SSSR count). The molecule has 9 nitrogen and oxygen atoms in total. The first kappa shape index (κ1) is 23.6. The lowest BCUT2D eigenvalue weighted by Gasteiger charge is -2.11. The van der Waals surface area contributed by atoms with Crippen molar-refractivity contribution < 1.29 is 34.8 Å². The first-order chi connectivity index (χ1) is 15.7. The van der Waals surface area contributed by atoms with E-state index in [1.54, 1.807) is 0 Å². The lowest BCUT2D eigenvalue weighted by atomic mass is 10.3. The van der Waals surface area contributed by atoms with Gasteiger partial charge in [0.25, 0.3) is 5.82 Å². The zero-order chi connectivity index (χ0) is 25.1. The molecule has 0 saturated carbocycles. The summed E-state index contributed by atoms with van der Waals surface area (Å²) < 4.78 is 105. The number of nitrogens with zero attached hydrogens (tertiary/aromatic N) is 7. The van der Waals surface area contributed by atoms with Gasteiger partial charge in [-0.15, -0.1) is 5.10 Å². The first-order valence-corrected chi connectivity index (χ1v) is 11.0. The summed E-state index contributed by atoms with van der Waals surface area (Å²) >= 11 is 0. The fourth-order valence-electron chi connectivity index (χ4n) is 3.09. The molecule has 16 heteroatoms. The summed E-state index contributed by atoms with van der Waals surface area (Å²) in [5.74, 6) is -1.90. The minimum Gasteiger partial charge on any atom is -0.324 e. The van der Waals surface area contributed by atoms with Gasteiger partial charge in [-0.1, -0.05) is 6.92 Å². The van der Waals surface area contributed by atoms with Crippen molar-refractivity contribution >= 4 is 20.9 Å². The van der Waals surface area contributed by atoms with E-state index in [1.165, 1.54) is 18.5 Å². The maximum atomic E-state index is 13.0. The Morgan fingerprint density at radius 2 is 1.68 bits per heavy atom. The van der Waals surface area contributed by atoms with E-state index in [-0.39, 0.29) is 38.9 Å². The Hall–Kier alpha value is -3.56. The SMILES string of the molecule is CCS(=O)(=O)c1cc(-n2cnc(C(F)(F)F)n2)cnc1-c1nc2cc(C(F)(F)F)ncc2n1C. The van der Waals surface area contributed by atoms with Gasteiger partial charge in [0.15, 0.2) is 15.7 Å². The fourth-order valence-corrected chi connectivity index (χ4v) is 4.14. The van der Waals surface area contributed by atoms with E-state index in [9.17, 15) is 34.8 Å². The van der Waals surface area contributed by atoms with Crippen LogP contribution in [0.15, 0.2) is 35.7 Å². The molecule has 0 fully saturated rings. The second-order valence-electron chi connectivity index (χ2n) is 7.00. The van der Waals surface area contributed by atoms with Crippen LogP contribution in [0.1, 0.15) is 18.4 Å². The van der Waals surface area contributed by atoms with Gasteiger partial charge in [0.2, 0.25) is 0 Å². The Morgan fingerprint density at radius 3 is 2.26 bits per heavy atom. The highest BCUT2D eigenvalue weighted by molar-refractivity contribution is 7.91. The van der Waals surface area contributed by atoms with E-state index in [0.717, 1.165) is 30.9 Å². The predicted octanol–water partition coefficient (Wildman–Crippen LogP) is 3.44. The monoisotopic (exact) mass is 505 g/mol. The zero-order valence-electron chi connectivity index (χ0n) is 17.2. The van der Waals surface area contributed by atoms with Crippen LogP contribution in [0, 0.1) is 0 Å². The van der Waals surface area contributed by atoms with Crippen LogP contribution in [-0.2, 0) is 29.2 Å². The van der Waals surface area contributed by atoms with Gasteiger partial charge in [0, 0.05) is 7.05 Å². The third-order valence-corrected chi connectivity index (χ3v) is 6.57. The van der Waals surface area contributed by atoms with E-state index in [1.807, 2.05) is 0 Å². The molecular weight excluding hydrogens is 492 g/mol. The lowest BCUT2D eigenvalue weighted by Crippen LogP contribution is -2.11. The quantitative estimate of drug-likeness (QED) is 0.391. The average molecular weight is 505 g/mol. The number of rotatable bonds is 4. The first-order valence-electron chi connectivity index (χ1n) is 9.34. The van der Waals surface area contributed by atoms with Crippen molar-refractivity contribution in [2.45, 2.75) is 24.2 Å². The molecule has 180 valence electrons. The van der Waals surface area contributed by atoms with E-state index in [2.05, 4.69) is 25.0 Å². The van der Waals surface area contributed by atoms with Crippen molar-refractivity contribution in [3.63, 3.8) is 0 Å². The van der Waals surface area contributed by atoms with Gasteiger partial charge in [0.1, 0.15) is 17.7 Å². The molecule has 0 aliphatic carbocycles. The molecule has 0 amide bonds. The Kier molecular flexibility index (Phi) is 5.38. The largest absolute Gasteiger partial charge is 0.453 e. The number of aryl methyl sites for hydroxylation is 1. The Bertz CT molecular complexity index is 1510. The molecule has 0 aliphatic rings. The smallest absolute Gasteiger partial charge is 0.324 e. The summed E-state index contributed by atoms with van der Waals surface area (Å²) in [6, 6.07) is 1.77. The van der Waals surface area contributed by atoms with E-state index >= 15 is 0 Å². The third-order valence-electron chi connectivity index (χ3n) is 4.83. The maximum Gasteiger partial charge on any atom is 0.453 e. The molecular formula is C18H13F6N7O2S. The molecule has 0 bridgehead atoms. The molecule has 0 N–H and O–H groups in total. The Labute approximate surface area is 187 Å². The normalized spacial score (nSPS) is 13.1. The number of fused-ring (bicyclic) bond motifs is 1. The molecule has 0 unspecified atom stereocenters. The Balaban J connectivity index is 1.91. The maximum absolute atomic E-state index is 13.0. The topological polar surface area (TPSA) is 108 Å². The second-order valence-corrected chi connectivity index (χ2v) is 9.25. The number of aromatic nitrogens is 7. The molecule has 4 aromatic heterocycles. The molecule has 0 saturated heterocycles. The van der Waals surface area contributed by atoms with Crippen LogP contribution in [0.2, 0.25) is 0 Å². The summed E-state index contributed by atoms with van der Waals surface area (Å²) in [5.41, 5.74) is -1.43. The minimum atomic E-state index is -4.81. The molecule has 0 aliphatic heterocycles. The molecule has 0 aromatic carbocycles. The lowest BCUT2D eigenvalue weighted by molar-refractivity contribution is -0.145. The third kappa shape index (κ3) is 4.08. The number of imidazole rings is 1. The molecule has 0 atom stereocenters. The summed E-state index contributed by atoms with van der Waals surface area (Å²) in [4.78, 5) is 14.3. The van der Waals surface area contributed by atoms with Gasteiger partial charge in [0.05, 0.1) is 39.8 Å². The van der Waals surface area contributed by atoms with Gasteiger partial charge in [-0.05, 0) is 12.1 Å². The zero-order valence-corrected chi connectivity index (χ0v) is 18.0. The van der Waals surface area contributed by atoms with Crippen molar-refractivity contribution in [2.24, 2.45) is 7.05 Å². The number of sulfone groups is 1. The number of hydrogen-bond donors (Lipinski definition) is 0. The van der Waals surface area contributed by atoms with Gasteiger partial charge in [-0.2, -0.15) is 26.3 Å². The van der Waals surface area contributed by atoms with Crippen LogP contribution in [-0.4, -0.2) is 48.5 Å². The van der Waals surface area contributed by atoms with E-state index in [4.69, 9.17) is 0 Å². The van der Waals surface area contributed by atoms with Crippen molar-refractivity contribution in [2.75, 3.05) is 5.75 Å². The molecule has 4 aromatic rings. The van der Waals surface area contributed by atoms with Crippen molar-refractivity contribution in [3.05, 3.63) is 42.4 Å². The van der Waals surface area contributed by atoms with Crippen LogP contribution in [0.3, 0.4) is 0 Å². The van der Waals surface area contributed by atoms with Crippen LogP contribution in [0.25, 0.3) is 28.2 Å². The number of hydrogen-bond acceptors (Lipinski definition) is 7. The standard InChI is InChI=1S/C18H13F6N7O2S/c1-3-34(32,33)12-4-9(31-8-27-16(29-31)18(22,23)24)6-26-14(12)15-28-10-5-13(17(19,20)21)25-7-11(10)30(15)2/h4-8H,3H2,1-2H3. The van der Waals surface area contributed by atoms with Crippen molar-refractivity contribution in [3.8, 4) is 17.2 Å². The van der Waals surface area contributed by atoms with Gasteiger partial charge < -0.3 is 4.57 Å². The average Bonchev–Trinajstić information content (AvgIpc) is 3.38. The summed E-state index contributed by atoms with van der Waals surface area (Å²) in [6.45, 7) is 1.34. The highest BCUT2D eigenvalue weighted by Gasteiger charge is 2.36.